The van der Waals surface area contributed by atoms with Crippen molar-refractivity contribution in [2.24, 2.45) is 0 Å². The van der Waals surface area contributed by atoms with Gasteiger partial charge in [0.15, 0.2) is 0 Å². The van der Waals surface area contributed by atoms with Crippen molar-refractivity contribution >= 4 is 17.2 Å². The summed E-state index contributed by atoms with van der Waals surface area (Å²) in [6, 6.07) is 2.48. The molecule has 0 aromatic carbocycles. The third kappa shape index (κ3) is 2.08. The molecule has 1 amide bonds. The zero-order chi connectivity index (χ0) is 12.5. The van der Waals surface area contributed by atoms with Crippen LogP contribution in [0.2, 0.25) is 0 Å². The van der Waals surface area contributed by atoms with E-state index in [1.807, 2.05) is 11.3 Å². The van der Waals surface area contributed by atoms with Crippen molar-refractivity contribution in [1.82, 2.24) is 10.2 Å². The van der Waals surface area contributed by atoms with Gasteiger partial charge < -0.3 is 10.2 Å². The summed E-state index contributed by atoms with van der Waals surface area (Å²) in [6.45, 7) is 4.03. The van der Waals surface area contributed by atoms with Crippen molar-refractivity contribution in [2.75, 3.05) is 13.1 Å². The van der Waals surface area contributed by atoms with Crippen LogP contribution in [-0.4, -0.2) is 29.9 Å². The molecule has 0 spiro atoms. The number of piperidine rings is 1. The van der Waals surface area contributed by atoms with Gasteiger partial charge in [-0.05, 0) is 49.7 Å². The molecule has 2 atom stereocenters. The zero-order valence-corrected chi connectivity index (χ0v) is 11.6. The van der Waals surface area contributed by atoms with E-state index >= 15 is 0 Å². The normalized spacial score (nSPS) is 27.9. The summed E-state index contributed by atoms with van der Waals surface area (Å²) in [6.07, 6.45) is 4.40. The molecule has 1 N–H and O–H groups in total. The van der Waals surface area contributed by atoms with Crippen molar-refractivity contribution in [2.45, 2.75) is 44.7 Å². The molecule has 2 unspecified atom stereocenters. The number of carbonyl (C=O) groups excluding carboxylic acids is 1. The van der Waals surface area contributed by atoms with Crippen LogP contribution in [0.5, 0.6) is 0 Å². The van der Waals surface area contributed by atoms with Crippen molar-refractivity contribution in [3.05, 3.63) is 21.9 Å². The van der Waals surface area contributed by atoms with Crippen molar-refractivity contribution in [3.63, 3.8) is 0 Å². The van der Waals surface area contributed by atoms with Gasteiger partial charge in [-0.2, -0.15) is 0 Å². The van der Waals surface area contributed by atoms with Crippen LogP contribution in [0.4, 0.5) is 0 Å². The number of carbonyl (C=O) groups is 1. The highest BCUT2D eigenvalue weighted by Gasteiger charge is 2.32. The highest BCUT2D eigenvalue weighted by atomic mass is 32.1. The van der Waals surface area contributed by atoms with Gasteiger partial charge in [-0.25, -0.2) is 0 Å². The predicted molar refractivity (Wildman–Crippen MR) is 73.8 cm³/mol. The molecule has 3 heterocycles. The molecule has 2 aliphatic heterocycles. The fraction of sp³-hybridized carbons (Fsp3) is 0.643. The minimum Gasteiger partial charge on any atom is -0.334 e. The van der Waals surface area contributed by atoms with Crippen molar-refractivity contribution in [3.8, 4) is 0 Å². The molecule has 4 heteroatoms. The van der Waals surface area contributed by atoms with Crippen LogP contribution in [-0.2, 0) is 11.2 Å². The Morgan fingerprint density at radius 1 is 1.50 bits per heavy atom. The Bertz CT molecular complexity index is 437. The lowest BCUT2D eigenvalue weighted by Crippen LogP contribution is -2.50. The first-order chi connectivity index (χ1) is 8.77. The molecule has 1 aromatic heterocycles. The second kappa shape index (κ2) is 5.02. The standard InChI is InChI=1S/C14H20N2OS/c1-10-11-6-9-18-13(11)5-8-16(10)14(17)12-4-2-3-7-15-12/h6,9-10,12,15H,2-5,7-8H2,1H3. The average molecular weight is 264 g/mol. The Hall–Kier alpha value is -0.870. The van der Waals surface area contributed by atoms with Crippen LogP contribution in [0.3, 0.4) is 0 Å². The minimum absolute atomic E-state index is 0.0568. The lowest BCUT2D eigenvalue weighted by Gasteiger charge is -2.37. The molecule has 0 saturated carbocycles. The molecule has 0 radical (unpaired) electrons. The Kier molecular flexibility index (Phi) is 3.39. The van der Waals surface area contributed by atoms with Crippen LogP contribution in [0.25, 0.3) is 0 Å². The third-order valence-corrected chi connectivity index (χ3v) is 5.17. The Labute approximate surface area is 112 Å². The van der Waals surface area contributed by atoms with E-state index in [1.165, 1.54) is 23.3 Å². The fourth-order valence-electron chi connectivity index (χ4n) is 3.07. The molecule has 98 valence electrons. The largest absolute Gasteiger partial charge is 0.334 e. The number of fused-ring (bicyclic) bond motifs is 1. The van der Waals surface area contributed by atoms with Gasteiger partial charge in [-0.1, -0.05) is 6.42 Å². The summed E-state index contributed by atoms with van der Waals surface area (Å²) < 4.78 is 0. The molecule has 2 aliphatic rings. The molecule has 18 heavy (non-hydrogen) atoms. The molecule has 1 fully saturated rings. The minimum atomic E-state index is 0.0568. The molecule has 3 nitrogen and oxygen atoms in total. The first kappa shape index (κ1) is 12.2. The summed E-state index contributed by atoms with van der Waals surface area (Å²) in [4.78, 5) is 16.1. The number of hydrogen-bond donors (Lipinski definition) is 1. The molecule has 0 bridgehead atoms. The molecular weight excluding hydrogens is 244 g/mol. The summed E-state index contributed by atoms with van der Waals surface area (Å²) in [5.41, 5.74) is 1.36. The first-order valence-corrected chi connectivity index (χ1v) is 7.75. The van der Waals surface area contributed by atoms with E-state index in [0.29, 0.717) is 5.91 Å². The van der Waals surface area contributed by atoms with Gasteiger partial charge in [0.2, 0.25) is 5.91 Å². The third-order valence-electron chi connectivity index (χ3n) is 4.17. The molecular formula is C14H20N2OS. The first-order valence-electron chi connectivity index (χ1n) is 6.87. The van der Waals surface area contributed by atoms with Crippen molar-refractivity contribution in [1.29, 1.82) is 0 Å². The van der Waals surface area contributed by atoms with Crippen LogP contribution in [0, 0.1) is 0 Å². The van der Waals surface area contributed by atoms with Gasteiger partial charge >= 0.3 is 0 Å². The molecule has 1 aromatic rings. The SMILES string of the molecule is CC1c2ccsc2CCN1C(=O)C1CCCCN1. The van der Waals surface area contributed by atoms with E-state index in [2.05, 4.69) is 28.6 Å². The van der Waals surface area contributed by atoms with Crippen LogP contribution >= 0.6 is 11.3 Å². The summed E-state index contributed by atoms with van der Waals surface area (Å²) in [5, 5.41) is 5.51. The van der Waals surface area contributed by atoms with Crippen molar-refractivity contribution < 1.29 is 4.79 Å². The van der Waals surface area contributed by atoms with Gasteiger partial charge in [-0.15, -0.1) is 11.3 Å². The fourth-order valence-corrected chi connectivity index (χ4v) is 4.04. The van der Waals surface area contributed by atoms with Gasteiger partial charge in [0.1, 0.15) is 0 Å². The summed E-state index contributed by atoms with van der Waals surface area (Å²) in [7, 11) is 0. The van der Waals surface area contributed by atoms with E-state index in [9.17, 15) is 4.79 Å². The predicted octanol–water partition coefficient (Wildman–Crippen LogP) is 2.34. The number of nitrogens with one attached hydrogen (secondary N) is 1. The number of nitrogens with zero attached hydrogens (tertiary/aromatic N) is 1. The maximum Gasteiger partial charge on any atom is 0.240 e. The van der Waals surface area contributed by atoms with E-state index in [-0.39, 0.29) is 12.1 Å². The Balaban J connectivity index is 1.75. The van der Waals surface area contributed by atoms with Gasteiger partial charge in [0, 0.05) is 11.4 Å². The number of rotatable bonds is 1. The Morgan fingerprint density at radius 2 is 2.39 bits per heavy atom. The lowest BCUT2D eigenvalue weighted by atomic mass is 9.98. The van der Waals surface area contributed by atoms with Gasteiger partial charge in [0.05, 0.1) is 12.1 Å². The van der Waals surface area contributed by atoms with E-state index in [1.54, 1.807) is 0 Å². The molecule has 1 saturated heterocycles. The topological polar surface area (TPSA) is 32.3 Å². The highest BCUT2D eigenvalue weighted by molar-refractivity contribution is 7.10. The Morgan fingerprint density at radius 3 is 3.17 bits per heavy atom. The highest BCUT2D eigenvalue weighted by Crippen LogP contribution is 2.33. The van der Waals surface area contributed by atoms with Gasteiger partial charge in [0.25, 0.3) is 0 Å². The number of thiophene rings is 1. The monoisotopic (exact) mass is 264 g/mol. The van der Waals surface area contributed by atoms with E-state index < -0.39 is 0 Å². The van der Waals surface area contributed by atoms with E-state index in [4.69, 9.17) is 0 Å². The zero-order valence-electron chi connectivity index (χ0n) is 10.8. The van der Waals surface area contributed by atoms with E-state index in [0.717, 1.165) is 25.9 Å². The smallest absolute Gasteiger partial charge is 0.240 e. The molecule has 0 aliphatic carbocycles. The van der Waals surface area contributed by atoms with Crippen LogP contribution in [0.1, 0.15) is 42.7 Å². The maximum atomic E-state index is 12.6. The average Bonchev–Trinajstić information content (AvgIpc) is 2.89. The molecule has 3 rings (SSSR count). The maximum absolute atomic E-state index is 12.6. The number of amides is 1. The summed E-state index contributed by atoms with van der Waals surface area (Å²) in [5.74, 6) is 0.305. The lowest BCUT2D eigenvalue weighted by molar-refractivity contribution is -0.136. The second-order valence-corrected chi connectivity index (χ2v) is 6.26. The van der Waals surface area contributed by atoms with Gasteiger partial charge in [-0.3, -0.25) is 4.79 Å². The van der Waals surface area contributed by atoms with Crippen LogP contribution < -0.4 is 5.32 Å². The number of hydrogen-bond acceptors (Lipinski definition) is 3. The summed E-state index contributed by atoms with van der Waals surface area (Å²) >= 11 is 1.82. The quantitative estimate of drug-likeness (QED) is 0.844. The second-order valence-electron chi connectivity index (χ2n) is 5.26. The van der Waals surface area contributed by atoms with Crippen LogP contribution in [0.15, 0.2) is 11.4 Å².